The highest BCUT2D eigenvalue weighted by Crippen LogP contribution is 2.14. The minimum atomic E-state index is -0.597. The van der Waals surface area contributed by atoms with Crippen LogP contribution in [-0.2, 0) is 14.3 Å². The maximum atomic E-state index is 12.3. The fraction of sp³-hybridized carbons (Fsp3) is 0.250. The van der Waals surface area contributed by atoms with Gasteiger partial charge in [0.1, 0.15) is 0 Å². The first-order valence-corrected chi connectivity index (χ1v) is 9.99. The summed E-state index contributed by atoms with van der Waals surface area (Å²) in [6.07, 6.45) is 2.84. The van der Waals surface area contributed by atoms with E-state index in [1.54, 1.807) is 46.2 Å². The lowest BCUT2D eigenvalue weighted by molar-refractivity contribution is -0.148. The van der Waals surface area contributed by atoms with Crippen LogP contribution in [-0.4, -0.2) is 60.4 Å². The normalized spacial score (nSPS) is 14.3. The van der Waals surface area contributed by atoms with Crippen LogP contribution in [0.2, 0.25) is 5.02 Å². The monoisotopic (exact) mass is 418 g/mol. The number of esters is 1. The summed E-state index contributed by atoms with van der Waals surface area (Å²) in [5.74, 6) is -0.882. The van der Waals surface area contributed by atoms with Crippen LogP contribution in [0, 0.1) is 0 Å². The molecule has 146 valence electrons. The van der Waals surface area contributed by atoms with Crippen LogP contribution >= 0.6 is 22.9 Å². The summed E-state index contributed by atoms with van der Waals surface area (Å²) in [6.45, 7) is 1.45. The van der Waals surface area contributed by atoms with Gasteiger partial charge in [-0.15, -0.1) is 11.3 Å². The number of piperazine rings is 1. The zero-order valence-electron chi connectivity index (χ0n) is 15.0. The van der Waals surface area contributed by atoms with E-state index in [1.165, 1.54) is 17.4 Å². The van der Waals surface area contributed by atoms with E-state index in [-0.39, 0.29) is 18.4 Å². The summed E-state index contributed by atoms with van der Waals surface area (Å²) >= 11 is 7.29. The molecule has 28 heavy (non-hydrogen) atoms. The summed E-state index contributed by atoms with van der Waals surface area (Å²) in [7, 11) is 0. The average Bonchev–Trinajstić information content (AvgIpc) is 3.25. The van der Waals surface area contributed by atoms with Gasteiger partial charge in [-0.3, -0.25) is 9.59 Å². The molecule has 1 saturated heterocycles. The highest BCUT2D eigenvalue weighted by molar-refractivity contribution is 7.12. The van der Waals surface area contributed by atoms with Crippen LogP contribution in [0.5, 0.6) is 0 Å². The van der Waals surface area contributed by atoms with Crippen molar-refractivity contribution in [1.29, 1.82) is 0 Å². The van der Waals surface area contributed by atoms with Gasteiger partial charge in [-0.05, 0) is 35.2 Å². The van der Waals surface area contributed by atoms with E-state index in [4.69, 9.17) is 16.3 Å². The predicted molar refractivity (Wildman–Crippen MR) is 108 cm³/mol. The number of carbonyl (C=O) groups is 3. The van der Waals surface area contributed by atoms with Crippen molar-refractivity contribution in [3.63, 3.8) is 0 Å². The van der Waals surface area contributed by atoms with Crippen molar-refractivity contribution in [3.05, 3.63) is 63.3 Å². The summed E-state index contributed by atoms with van der Waals surface area (Å²) < 4.78 is 5.01. The van der Waals surface area contributed by atoms with E-state index in [2.05, 4.69) is 0 Å². The molecule has 0 unspecified atom stereocenters. The average molecular weight is 419 g/mol. The number of hydrogen-bond acceptors (Lipinski definition) is 5. The van der Waals surface area contributed by atoms with E-state index < -0.39 is 5.97 Å². The SMILES string of the molecule is O=C(/C=C/c1cccc(Cl)c1)OCC(=O)N1CCN(C(=O)c2cccs2)CC1. The zero-order valence-corrected chi connectivity index (χ0v) is 16.6. The van der Waals surface area contributed by atoms with Gasteiger partial charge in [0.15, 0.2) is 6.61 Å². The van der Waals surface area contributed by atoms with Crippen LogP contribution in [0.25, 0.3) is 6.08 Å². The zero-order chi connectivity index (χ0) is 19.9. The number of nitrogens with zero attached hydrogens (tertiary/aromatic N) is 2. The molecule has 0 aliphatic carbocycles. The van der Waals surface area contributed by atoms with E-state index in [1.807, 2.05) is 11.4 Å². The molecule has 1 fully saturated rings. The van der Waals surface area contributed by atoms with Gasteiger partial charge in [0.2, 0.25) is 0 Å². The van der Waals surface area contributed by atoms with Gasteiger partial charge in [-0.2, -0.15) is 0 Å². The molecule has 1 aromatic heterocycles. The summed E-state index contributed by atoms with van der Waals surface area (Å²) in [6, 6.07) is 10.7. The van der Waals surface area contributed by atoms with Crippen molar-refractivity contribution in [3.8, 4) is 0 Å². The van der Waals surface area contributed by atoms with E-state index in [9.17, 15) is 14.4 Å². The van der Waals surface area contributed by atoms with Crippen LogP contribution in [0.4, 0.5) is 0 Å². The minimum absolute atomic E-state index is 0.0142. The number of amides is 2. The van der Waals surface area contributed by atoms with Crippen LogP contribution in [0.1, 0.15) is 15.2 Å². The largest absolute Gasteiger partial charge is 0.452 e. The lowest BCUT2D eigenvalue weighted by Gasteiger charge is -2.34. The molecule has 0 N–H and O–H groups in total. The molecule has 0 radical (unpaired) electrons. The smallest absolute Gasteiger partial charge is 0.331 e. The topological polar surface area (TPSA) is 66.9 Å². The molecule has 1 aromatic carbocycles. The van der Waals surface area contributed by atoms with Crippen LogP contribution in [0.15, 0.2) is 47.9 Å². The Morgan fingerprint density at radius 3 is 2.50 bits per heavy atom. The highest BCUT2D eigenvalue weighted by atomic mass is 35.5. The molecule has 6 nitrogen and oxygen atoms in total. The van der Waals surface area contributed by atoms with Crippen molar-refractivity contribution in [2.75, 3.05) is 32.8 Å². The van der Waals surface area contributed by atoms with Gasteiger partial charge >= 0.3 is 5.97 Å². The molecule has 1 aliphatic rings. The van der Waals surface area contributed by atoms with Crippen molar-refractivity contribution in [2.45, 2.75) is 0 Å². The third-order valence-electron chi connectivity index (χ3n) is 4.25. The quantitative estimate of drug-likeness (QED) is 0.553. The van der Waals surface area contributed by atoms with E-state index in [0.717, 1.165) is 5.56 Å². The Kier molecular flexibility index (Phi) is 6.84. The first kappa shape index (κ1) is 20.1. The van der Waals surface area contributed by atoms with E-state index >= 15 is 0 Å². The highest BCUT2D eigenvalue weighted by Gasteiger charge is 2.25. The Bertz CT molecular complexity index is 874. The second-order valence-electron chi connectivity index (χ2n) is 6.15. The Hall–Kier alpha value is -2.64. The van der Waals surface area contributed by atoms with Crippen molar-refractivity contribution in [2.24, 2.45) is 0 Å². The number of carbonyl (C=O) groups excluding carboxylic acids is 3. The van der Waals surface area contributed by atoms with Gasteiger partial charge < -0.3 is 14.5 Å². The molecule has 0 saturated carbocycles. The summed E-state index contributed by atoms with van der Waals surface area (Å²) in [5.41, 5.74) is 0.766. The lowest BCUT2D eigenvalue weighted by atomic mass is 10.2. The number of hydrogen-bond donors (Lipinski definition) is 0. The Balaban J connectivity index is 1.42. The predicted octanol–water partition coefficient (Wildman–Crippen LogP) is 2.94. The molecule has 3 rings (SSSR count). The van der Waals surface area contributed by atoms with Gasteiger partial charge in [-0.1, -0.05) is 29.8 Å². The third kappa shape index (κ3) is 5.43. The maximum absolute atomic E-state index is 12.3. The molecule has 0 atom stereocenters. The van der Waals surface area contributed by atoms with Crippen LogP contribution in [0.3, 0.4) is 0 Å². The second-order valence-corrected chi connectivity index (χ2v) is 7.53. The number of halogens is 1. The molecule has 2 aromatic rings. The second kappa shape index (κ2) is 9.52. The van der Waals surface area contributed by atoms with Crippen LogP contribution < -0.4 is 0 Å². The van der Waals surface area contributed by atoms with Crippen molar-refractivity contribution in [1.82, 2.24) is 9.80 Å². The third-order valence-corrected chi connectivity index (χ3v) is 5.34. The summed E-state index contributed by atoms with van der Waals surface area (Å²) in [5, 5.41) is 2.43. The number of thiophene rings is 1. The molecular weight excluding hydrogens is 400 g/mol. The molecule has 2 amide bonds. The number of ether oxygens (including phenoxy) is 1. The molecule has 2 heterocycles. The Labute approximate surface area is 172 Å². The van der Waals surface area contributed by atoms with E-state index in [0.29, 0.717) is 36.1 Å². The number of benzene rings is 1. The Morgan fingerprint density at radius 2 is 1.82 bits per heavy atom. The summed E-state index contributed by atoms with van der Waals surface area (Å²) in [4.78, 5) is 40.4. The minimum Gasteiger partial charge on any atom is -0.452 e. The van der Waals surface area contributed by atoms with Gasteiger partial charge in [0, 0.05) is 37.3 Å². The van der Waals surface area contributed by atoms with Crippen molar-refractivity contribution < 1.29 is 19.1 Å². The van der Waals surface area contributed by atoms with Crippen molar-refractivity contribution >= 4 is 46.8 Å². The lowest BCUT2D eigenvalue weighted by Crippen LogP contribution is -2.51. The molecule has 0 bridgehead atoms. The molecule has 1 aliphatic heterocycles. The maximum Gasteiger partial charge on any atom is 0.331 e. The first-order chi connectivity index (χ1) is 13.5. The fourth-order valence-electron chi connectivity index (χ4n) is 2.76. The number of rotatable bonds is 5. The Morgan fingerprint density at radius 1 is 1.07 bits per heavy atom. The fourth-order valence-corrected chi connectivity index (χ4v) is 3.65. The van der Waals surface area contributed by atoms with Gasteiger partial charge in [-0.25, -0.2) is 4.79 Å². The first-order valence-electron chi connectivity index (χ1n) is 8.74. The van der Waals surface area contributed by atoms with Gasteiger partial charge in [0.05, 0.1) is 4.88 Å². The molecule has 8 heteroatoms. The molecular formula is C20H19ClN2O4S. The molecule has 0 spiro atoms. The standard InChI is InChI=1S/C20H19ClN2O4S/c21-16-4-1-3-15(13-16)6-7-19(25)27-14-18(24)22-8-10-23(11-9-22)20(26)17-5-2-12-28-17/h1-7,12-13H,8-11,14H2/b7-6+. The van der Waals surface area contributed by atoms with Gasteiger partial charge in [0.25, 0.3) is 11.8 Å².